The minimum Gasteiger partial charge on any atom is -0.491 e. The van der Waals surface area contributed by atoms with Crippen molar-refractivity contribution in [2.75, 3.05) is 86.4 Å². The number of methoxy groups -OCH3 is 1. The van der Waals surface area contributed by atoms with E-state index in [2.05, 4.69) is 182 Å². The maximum atomic E-state index is 13.3. The third kappa shape index (κ3) is 16.3. The largest absolute Gasteiger partial charge is 0.508 e. The fraction of sp³-hybridized carbons (Fsp3) is 0.147. The second-order valence-corrected chi connectivity index (χ2v) is 28.5. The topological polar surface area (TPSA) is 162 Å². The highest BCUT2D eigenvalue weighted by Gasteiger charge is 2.46. The van der Waals surface area contributed by atoms with E-state index in [0.29, 0.717) is 47.7 Å². The summed E-state index contributed by atoms with van der Waals surface area (Å²) in [6.07, 6.45) is -1.72. The Morgan fingerprint density at radius 1 is 0.256 bits per heavy atom. The van der Waals surface area contributed by atoms with Gasteiger partial charge < -0.3 is 56.8 Å². The number of esters is 1. The molecule has 0 amide bonds. The summed E-state index contributed by atoms with van der Waals surface area (Å²) in [6, 6.07) is 108. The molecule has 0 saturated carbocycles. The zero-order valence-corrected chi connectivity index (χ0v) is 64.6. The van der Waals surface area contributed by atoms with Crippen LogP contribution in [0.2, 0.25) is 0 Å². The van der Waals surface area contributed by atoms with Crippen LogP contribution in [0.3, 0.4) is 0 Å². The van der Waals surface area contributed by atoms with Crippen LogP contribution in [0.15, 0.2) is 315 Å². The lowest BCUT2D eigenvalue weighted by Gasteiger charge is -2.34. The predicted octanol–water partition coefficient (Wildman–Crippen LogP) is 22.8. The molecule has 0 bridgehead atoms. The smallest absolute Gasteiger partial charge is 0.491 e. The molecule has 0 fully saturated rings. The van der Waals surface area contributed by atoms with Crippen molar-refractivity contribution < 1.29 is 71.2 Å². The van der Waals surface area contributed by atoms with Crippen molar-refractivity contribution in [3.8, 4) is 90.1 Å². The molecule has 1 aliphatic rings. The Kier molecular flexibility index (Phi) is 22.4. The fourth-order valence-corrected chi connectivity index (χ4v) is 16.1. The fourth-order valence-electron chi connectivity index (χ4n) is 16.1. The Hall–Kier alpha value is -14.2. The first-order valence-electron chi connectivity index (χ1n) is 39.2. The van der Waals surface area contributed by atoms with Gasteiger partial charge in [-0.1, -0.05) is 231 Å². The molecule has 0 aromatic heterocycles. The first-order valence-corrected chi connectivity index (χ1v) is 39.2. The highest BCUT2D eigenvalue weighted by Crippen LogP contribution is 2.57. The molecule has 17 rings (SSSR count). The number of rotatable bonds is 30. The summed E-state index contributed by atoms with van der Waals surface area (Å²) >= 11 is 0. The molecule has 0 N–H and O–H groups in total. The molecule has 1 aliphatic carbocycles. The summed E-state index contributed by atoms with van der Waals surface area (Å²) in [5.74, 6) is 3.38. The van der Waals surface area contributed by atoms with E-state index in [4.69, 9.17) is 56.8 Å². The number of carbonyl (C=O) groups excluding carboxylic acids is 3. The predicted molar refractivity (Wildman–Crippen MR) is 459 cm³/mol. The van der Waals surface area contributed by atoms with Crippen LogP contribution in [0.4, 0.5) is 9.59 Å². The summed E-state index contributed by atoms with van der Waals surface area (Å²) in [7, 11) is 1.65. The normalized spacial score (nSPS) is 11.9. The van der Waals surface area contributed by atoms with Crippen LogP contribution >= 0.6 is 0 Å². The van der Waals surface area contributed by atoms with E-state index in [-0.39, 0.29) is 72.0 Å². The second kappa shape index (κ2) is 34.7. The van der Waals surface area contributed by atoms with Gasteiger partial charge in [-0.3, -0.25) is 4.79 Å². The monoisotopic (exact) mass is 1550 g/mol. The van der Waals surface area contributed by atoms with Crippen LogP contribution < -0.4 is 28.4 Å². The molecule has 117 heavy (non-hydrogen) atoms. The molecule has 15 heteroatoms. The SMILES string of the molecule is COCCOc1cc(-c2c(OCCOC(=O)OCCOc3cc(-c4c(OCCOC(=O)OCCOc5ccc6cc(C7(c8ccc9cc(OCCOC(C)=O)ccc9c8)c8ccccc8-c8ccccc87)ccc6c5)ccc5cc(-c6ccccc6)ccc45)c4ccc(-c5ccccc5)cc4c3)ccc3ccccc23)c2ccccc2c1. The summed E-state index contributed by atoms with van der Waals surface area (Å²) < 4.78 is 70.8. The van der Waals surface area contributed by atoms with E-state index < -0.39 is 17.7 Å². The molecular formula is C102H82O15. The van der Waals surface area contributed by atoms with Crippen molar-refractivity contribution in [1.82, 2.24) is 0 Å². The Balaban J connectivity index is 0.558. The molecule has 0 aliphatic heterocycles. The molecule has 0 saturated heterocycles. The maximum absolute atomic E-state index is 13.3. The second-order valence-electron chi connectivity index (χ2n) is 28.5. The van der Waals surface area contributed by atoms with E-state index >= 15 is 0 Å². The summed E-state index contributed by atoms with van der Waals surface area (Å²) in [5.41, 5.74) is 14.0. The summed E-state index contributed by atoms with van der Waals surface area (Å²) in [4.78, 5) is 37.9. The Morgan fingerprint density at radius 3 is 1.17 bits per heavy atom. The third-order valence-electron chi connectivity index (χ3n) is 21.3. The van der Waals surface area contributed by atoms with Gasteiger partial charge in [0.05, 0.1) is 12.0 Å². The van der Waals surface area contributed by atoms with Gasteiger partial charge in [0, 0.05) is 25.2 Å². The molecule has 0 heterocycles. The van der Waals surface area contributed by atoms with Crippen LogP contribution in [0.1, 0.15) is 29.2 Å². The standard InChI is InChI=1S/C102H82O15/c1-67(103)107-47-48-108-82-39-31-73-59-80(37-29-75(73)61-82)102(94-27-15-13-25-90(94)91-26-14-16-28-95(91)102)81-38-30-76-62-83(40-32-74(76)60-81)109-49-53-114-100(104)116-56-52-113-97-44-36-78-57-71(68-17-5-3-6-18-68)34-42-89(78)99(97)93-66-85(64-79-58-72(33-41-87(79)93)69-19-7-4-8-20-69)111-50-54-115-101(105)117-55-51-112-96-43-35-70-21-9-12-24-88(70)98(96)92-65-84(110-46-45-106-2)63-77-22-10-11-23-86(77)92/h3-44,57-66H,45-56H2,1-2H3. The third-order valence-corrected chi connectivity index (χ3v) is 21.3. The minimum atomic E-state index is -0.863. The van der Waals surface area contributed by atoms with Crippen molar-refractivity contribution in [2.45, 2.75) is 12.3 Å². The molecule has 0 unspecified atom stereocenters. The Labute approximate surface area is 676 Å². The highest BCUT2D eigenvalue weighted by atomic mass is 16.7. The van der Waals surface area contributed by atoms with E-state index in [1.807, 2.05) is 133 Å². The van der Waals surface area contributed by atoms with Gasteiger partial charge in [0.15, 0.2) is 0 Å². The summed E-state index contributed by atoms with van der Waals surface area (Å²) in [6.45, 7) is 2.45. The number of carbonyl (C=O) groups is 3. The number of hydrogen-bond acceptors (Lipinski definition) is 15. The van der Waals surface area contributed by atoms with Gasteiger partial charge >= 0.3 is 18.3 Å². The lowest BCUT2D eigenvalue weighted by molar-refractivity contribution is -0.141. The molecule has 16 aromatic carbocycles. The quantitative estimate of drug-likeness (QED) is 0.0237. The van der Waals surface area contributed by atoms with Crippen LogP contribution in [-0.4, -0.2) is 105 Å². The van der Waals surface area contributed by atoms with Gasteiger partial charge in [-0.2, -0.15) is 0 Å². The maximum Gasteiger partial charge on any atom is 0.508 e. The molecule has 0 atom stereocenters. The van der Waals surface area contributed by atoms with E-state index in [0.717, 1.165) is 120 Å². The average Bonchev–Trinajstić information content (AvgIpc) is 1.55. The first kappa shape index (κ1) is 75.5. The number of hydrogen-bond donors (Lipinski definition) is 0. The molecular weight excluding hydrogens is 1470 g/mol. The van der Waals surface area contributed by atoms with Crippen molar-refractivity contribution in [1.29, 1.82) is 0 Å². The Morgan fingerprint density at radius 2 is 0.632 bits per heavy atom. The van der Waals surface area contributed by atoms with Gasteiger partial charge in [-0.25, -0.2) is 9.59 Å². The number of ether oxygens (including phenoxy) is 12. The van der Waals surface area contributed by atoms with Gasteiger partial charge in [0.2, 0.25) is 0 Å². The van der Waals surface area contributed by atoms with Crippen molar-refractivity contribution in [3.05, 3.63) is 338 Å². The zero-order chi connectivity index (χ0) is 79.4. The number of benzene rings is 16. The van der Waals surface area contributed by atoms with Crippen molar-refractivity contribution in [2.24, 2.45) is 0 Å². The van der Waals surface area contributed by atoms with Crippen molar-refractivity contribution >= 4 is 82.9 Å². The van der Waals surface area contributed by atoms with Gasteiger partial charge in [0.1, 0.15) is 107 Å². The van der Waals surface area contributed by atoms with Crippen LogP contribution in [0.25, 0.3) is 120 Å². The van der Waals surface area contributed by atoms with Crippen molar-refractivity contribution in [3.63, 3.8) is 0 Å². The lowest BCUT2D eigenvalue weighted by Crippen LogP contribution is -2.28. The zero-order valence-electron chi connectivity index (χ0n) is 64.6. The molecule has 0 radical (unpaired) electrons. The number of fused-ring (bicyclic) bond motifs is 9. The van der Waals surface area contributed by atoms with E-state index in [9.17, 15) is 14.4 Å². The van der Waals surface area contributed by atoms with E-state index in [1.165, 1.54) is 29.2 Å². The molecule has 16 aromatic rings. The highest BCUT2D eigenvalue weighted by molar-refractivity contribution is 6.11. The summed E-state index contributed by atoms with van der Waals surface area (Å²) in [5, 5.41) is 11.9. The average molecular weight is 1550 g/mol. The van der Waals surface area contributed by atoms with E-state index in [1.54, 1.807) is 7.11 Å². The minimum absolute atomic E-state index is 0.000288. The van der Waals surface area contributed by atoms with Gasteiger partial charge in [0.25, 0.3) is 0 Å². The molecule has 15 nitrogen and oxygen atoms in total. The van der Waals surface area contributed by atoms with Gasteiger partial charge in [-0.15, -0.1) is 0 Å². The van der Waals surface area contributed by atoms with Crippen LogP contribution in [-0.2, 0) is 38.6 Å². The Bertz CT molecular complexity index is 6310. The molecule has 580 valence electrons. The molecule has 0 spiro atoms. The lowest BCUT2D eigenvalue weighted by atomic mass is 9.67. The van der Waals surface area contributed by atoms with Gasteiger partial charge in [-0.05, 0) is 216 Å². The van der Waals surface area contributed by atoms with Crippen LogP contribution in [0.5, 0.6) is 34.5 Å². The first-order chi connectivity index (χ1) is 57.6. The van der Waals surface area contributed by atoms with Crippen LogP contribution in [0, 0.1) is 0 Å².